The van der Waals surface area contributed by atoms with Gasteiger partial charge in [0, 0.05) is 12.1 Å². The van der Waals surface area contributed by atoms with Crippen molar-refractivity contribution in [2.75, 3.05) is 0 Å². The van der Waals surface area contributed by atoms with Crippen molar-refractivity contribution in [3.05, 3.63) is 64.7 Å². The Labute approximate surface area is 114 Å². The molecule has 0 aliphatic heterocycles. The van der Waals surface area contributed by atoms with E-state index in [2.05, 4.69) is 9.63 Å². The Morgan fingerprint density at radius 2 is 1.70 bits per heavy atom. The summed E-state index contributed by atoms with van der Waals surface area (Å²) in [6, 6.07) is 12.8. The maximum absolute atomic E-state index is 11.8. The normalized spacial score (nSPS) is 11.6. The number of nitrogens with zero attached hydrogens (tertiary/aromatic N) is 3. The van der Waals surface area contributed by atoms with Crippen molar-refractivity contribution in [1.82, 2.24) is 0 Å². The van der Waals surface area contributed by atoms with Gasteiger partial charge < -0.3 is 0 Å². The summed E-state index contributed by atoms with van der Waals surface area (Å²) in [6.07, 6.45) is 0. The van der Waals surface area contributed by atoms with E-state index in [-0.39, 0.29) is 16.3 Å². The molecule has 20 heavy (non-hydrogen) atoms. The lowest BCUT2D eigenvalue weighted by Gasteiger charge is -1.96. The Kier molecular flexibility index (Phi) is 3.85. The van der Waals surface area contributed by atoms with Crippen molar-refractivity contribution in [3.8, 4) is 0 Å². The summed E-state index contributed by atoms with van der Waals surface area (Å²) in [5.74, 6) is 0. The number of rotatable bonds is 4. The summed E-state index contributed by atoms with van der Waals surface area (Å²) in [5, 5.41) is 14.1. The van der Waals surface area contributed by atoms with Gasteiger partial charge in [-0.25, -0.2) is 0 Å². The van der Waals surface area contributed by atoms with Gasteiger partial charge >= 0.3 is 0 Å². The fraction of sp³-hybridized carbons (Fsp3) is 0. The number of sulfonamides is 1. The van der Waals surface area contributed by atoms with Crippen molar-refractivity contribution in [1.29, 1.82) is 0 Å². The third kappa shape index (κ3) is 3.23. The fourth-order valence-electron chi connectivity index (χ4n) is 1.41. The van der Waals surface area contributed by atoms with Crippen LogP contribution in [0, 0.1) is 10.1 Å². The van der Waals surface area contributed by atoms with E-state index < -0.39 is 14.9 Å². The first-order chi connectivity index (χ1) is 9.49. The highest BCUT2D eigenvalue weighted by Crippen LogP contribution is 2.21. The fourth-order valence-corrected chi connectivity index (χ4v) is 2.21. The lowest BCUT2D eigenvalue weighted by atomic mass is 10.3. The summed E-state index contributed by atoms with van der Waals surface area (Å²) in [6.45, 7) is 0. The number of nitro benzene ring substituents is 1. The summed E-state index contributed by atoms with van der Waals surface area (Å²) < 4.78 is 26.9. The van der Waals surface area contributed by atoms with Gasteiger partial charge in [-0.15, -0.1) is 5.11 Å². The van der Waals surface area contributed by atoms with E-state index in [0.29, 0.717) is 0 Å². The van der Waals surface area contributed by atoms with Gasteiger partial charge in [-0.05, 0) is 18.2 Å². The minimum Gasteiger partial charge on any atom is -0.258 e. The van der Waals surface area contributed by atoms with E-state index in [4.69, 9.17) is 0 Å². The topological polar surface area (TPSA) is 102 Å². The van der Waals surface area contributed by atoms with Crippen LogP contribution < -0.4 is 0 Å². The Balaban J connectivity index is 2.30. The molecule has 0 unspecified atom stereocenters. The van der Waals surface area contributed by atoms with E-state index in [0.717, 1.165) is 6.07 Å². The molecule has 2 rings (SSSR count). The third-order valence-electron chi connectivity index (χ3n) is 2.35. The average molecular weight is 291 g/mol. The smallest absolute Gasteiger partial charge is 0.258 e. The molecule has 0 fully saturated rings. The van der Waals surface area contributed by atoms with Gasteiger partial charge in [0.05, 0.1) is 15.5 Å². The Hall–Kier alpha value is -2.61. The number of hydrogen-bond donors (Lipinski definition) is 0. The molecule has 102 valence electrons. The SMILES string of the molecule is O=[N+]([O-])c1cccc(N=NS(=O)(=O)c2ccccc2)c1. The van der Waals surface area contributed by atoms with Crippen LogP contribution in [0.4, 0.5) is 11.4 Å². The molecule has 0 amide bonds. The first-order valence-corrected chi connectivity index (χ1v) is 6.90. The molecule has 0 spiro atoms. The summed E-state index contributed by atoms with van der Waals surface area (Å²) in [4.78, 5) is 10.0. The van der Waals surface area contributed by atoms with Crippen LogP contribution in [0.2, 0.25) is 0 Å². The molecule has 0 saturated heterocycles. The molecule has 0 N–H and O–H groups in total. The average Bonchev–Trinajstić information content (AvgIpc) is 2.46. The van der Waals surface area contributed by atoms with Gasteiger partial charge in [-0.1, -0.05) is 28.8 Å². The molecular weight excluding hydrogens is 282 g/mol. The zero-order valence-electron chi connectivity index (χ0n) is 10.1. The molecule has 0 bridgehead atoms. The molecule has 7 nitrogen and oxygen atoms in total. The second-order valence-corrected chi connectivity index (χ2v) is 5.33. The molecule has 0 aliphatic carbocycles. The maximum Gasteiger partial charge on any atom is 0.299 e. The lowest BCUT2D eigenvalue weighted by Crippen LogP contribution is -1.94. The predicted molar refractivity (Wildman–Crippen MR) is 71.2 cm³/mol. The Morgan fingerprint density at radius 3 is 2.35 bits per heavy atom. The number of hydrogen-bond acceptors (Lipinski definition) is 5. The highest BCUT2D eigenvalue weighted by atomic mass is 32.2. The van der Waals surface area contributed by atoms with E-state index in [1.165, 1.54) is 30.3 Å². The standard InChI is InChI=1S/C12H9N3O4S/c16-15(17)11-6-4-5-10(9-11)13-14-20(18,19)12-7-2-1-3-8-12/h1-9H. The molecule has 0 aliphatic rings. The highest BCUT2D eigenvalue weighted by molar-refractivity contribution is 7.90. The van der Waals surface area contributed by atoms with Crippen LogP contribution in [-0.4, -0.2) is 13.3 Å². The van der Waals surface area contributed by atoms with E-state index >= 15 is 0 Å². The van der Waals surface area contributed by atoms with Gasteiger partial charge in [-0.3, -0.25) is 10.1 Å². The summed E-state index contributed by atoms with van der Waals surface area (Å²) in [5.41, 5.74) is -0.0859. The third-order valence-corrected chi connectivity index (χ3v) is 3.51. The Morgan fingerprint density at radius 1 is 1.00 bits per heavy atom. The molecule has 0 aromatic heterocycles. The van der Waals surface area contributed by atoms with Crippen molar-refractivity contribution in [2.24, 2.45) is 9.63 Å². The second-order valence-electron chi connectivity index (χ2n) is 3.75. The van der Waals surface area contributed by atoms with Gasteiger partial charge in [-0.2, -0.15) is 8.42 Å². The zero-order valence-corrected chi connectivity index (χ0v) is 10.9. The van der Waals surface area contributed by atoms with Crippen LogP contribution in [-0.2, 0) is 10.0 Å². The minimum absolute atomic E-state index is 0.00850. The summed E-state index contributed by atoms with van der Waals surface area (Å²) in [7, 11) is -3.90. The van der Waals surface area contributed by atoms with Crippen LogP contribution in [0.15, 0.2) is 69.1 Å². The quantitative estimate of drug-likeness (QED) is 0.490. The predicted octanol–water partition coefficient (Wildman–Crippen LogP) is 3.07. The molecule has 0 heterocycles. The van der Waals surface area contributed by atoms with Crippen molar-refractivity contribution < 1.29 is 13.3 Å². The molecule has 0 saturated carbocycles. The largest absolute Gasteiger partial charge is 0.299 e. The van der Waals surface area contributed by atoms with Crippen molar-refractivity contribution >= 4 is 21.4 Å². The number of nitro groups is 1. The lowest BCUT2D eigenvalue weighted by molar-refractivity contribution is -0.384. The summed E-state index contributed by atoms with van der Waals surface area (Å²) >= 11 is 0. The molecule has 2 aromatic carbocycles. The van der Waals surface area contributed by atoms with Gasteiger partial charge in [0.1, 0.15) is 0 Å². The first kappa shape index (κ1) is 13.8. The number of benzene rings is 2. The van der Waals surface area contributed by atoms with E-state index in [9.17, 15) is 18.5 Å². The minimum atomic E-state index is -3.90. The zero-order chi connectivity index (χ0) is 14.6. The number of non-ortho nitro benzene ring substituents is 1. The highest BCUT2D eigenvalue weighted by Gasteiger charge is 2.12. The molecular formula is C12H9N3O4S. The van der Waals surface area contributed by atoms with Gasteiger partial charge in [0.15, 0.2) is 0 Å². The maximum atomic E-state index is 11.8. The Bertz CT molecular complexity index is 757. The van der Waals surface area contributed by atoms with Crippen molar-refractivity contribution in [2.45, 2.75) is 4.90 Å². The van der Waals surface area contributed by atoms with Crippen LogP contribution in [0.1, 0.15) is 0 Å². The molecule has 0 radical (unpaired) electrons. The second kappa shape index (κ2) is 5.57. The first-order valence-electron chi connectivity index (χ1n) is 5.46. The van der Waals surface area contributed by atoms with Crippen molar-refractivity contribution in [3.63, 3.8) is 0 Å². The van der Waals surface area contributed by atoms with Gasteiger partial charge in [0.25, 0.3) is 15.7 Å². The molecule has 8 heteroatoms. The van der Waals surface area contributed by atoms with E-state index in [1.54, 1.807) is 18.2 Å². The van der Waals surface area contributed by atoms with Crippen LogP contribution in [0.5, 0.6) is 0 Å². The van der Waals surface area contributed by atoms with E-state index in [1.807, 2.05) is 0 Å². The van der Waals surface area contributed by atoms with Crippen LogP contribution in [0.25, 0.3) is 0 Å². The molecule has 0 atom stereocenters. The van der Waals surface area contributed by atoms with Crippen LogP contribution in [0.3, 0.4) is 0 Å². The van der Waals surface area contributed by atoms with Crippen LogP contribution >= 0.6 is 0 Å². The monoisotopic (exact) mass is 291 g/mol. The molecule has 2 aromatic rings. The van der Waals surface area contributed by atoms with Gasteiger partial charge in [0.2, 0.25) is 0 Å².